The van der Waals surface area contributed by atoms with E-state index >= 15 is 0 Å². The summed E-state index contributed by atoms with van der Waals surface area (Å²) in [6, 6.07) is 6.34. The van der Waals surface area contributed by atoms with Crippen LogP contribution in [0.1, 0.15) is 16.1 Å². The first kappa shape index (κ1) is 13.6. The fourth-order valence-electron chi connectivity index (χ4n) is 1.72. The number of carboxylic acid groups (broad SMARTS) is 1. The van der Waals surface area contributed by atoms with Gasteiger partial charge in [-0.2, -0.15) is 0 Å². The second-order valence-corrected chi connectivity index (χ2v) is 4.79. The van der Waals surface area contributed by atoms with Crippen LogP contribution in [-0.2, 0) is 6.54 Å². The topological polar surface area (TPSA) is 53.7 Å². The van der Waals surface area contributed by atoms with E-state index in [1.54, 1.807) is 30.3 Å². The smallest absolute Gasteiger partial charge is 0.336 e. The van der Waals surface area contributed by atoms with Gasteiger partial charge in [0.2, 0.25) is 0 Å². The molecule has 0 unspecified atom stereocenters. The fraction of sp³-hybridized carbons (Fsp3) is 0.154. The van der Waals surface area contributed by atoms with E-state index in [4.69, 9.17) is 9.52 Å². The van der Waals surface area contributed by atoms with Crippen LogP contribution in [-0.4, -0.2) is 18.1 Å². The molecule has 0 radical (unpaired) electrons. The maximum atomic E-state index is 14.1. The van der Waals surface area contributed by atoms with Gasteiger partial charge in [0.1, 0.15) is 5.76 Å². The molecular weight excluding hydrogens is 317 g/mol. The molecule has 0 saturated heterocycles. The van der Waals surface area contributed by atoms with Crippen molar-refractivity contribution in [3.05, 3.63) is 52.1 Å². The van der Waals surface area contributed by atoms with Crippen molar-refractivity contribution in [1.82, 2.24) is 0 Å². The van der Waals surface area contributed by atoms with Gasteiger partial charge in [-0.25, -0.2) is 9.18 Å². The molecule has 0 spiro atoms. The first-order valence-corrected chi connectivity index (χ1v) is 6.25. The minimum atomic E-state index is -1.17. The van der Waals surface area contributed by atoms with Crippen molar-refractivity contribution in [2.24, 2.45) is 0 Å². The Morgan fingerprint density at radius 1 is 1.47 bits per heavy atom. The Morgan fingerprint density at radius 2 is 2.21 bits per heavy atom. The van der Waals surface area contributed by atoms with E-state index < -0.39 is 11.8 Å². The molecule has 0 atom stereocenters. The molecule has 2 rings (SSSR count). The molecule has 1 N–H and O–H groups in total. The van der Waals surface area contributed by atoms with E-state index in [1.165, 1.54) is 12.1 Å². The van der Waals surface area contributed by atoms with Gasteiger partial charge in [-0.3, -0.25) is 0 Å². The largest absolute Gasteiger partial charge is 0.478 e. The molecule has 1 aromatic heterocycles. The maximum absolute atomic E-state index is 14.1. The third kappa shape index (κ3) is 2.78. The maximum Gasteiger partial charge on any atom is 0.336 e. The van der Waals surface area contributed by atoms with E-state index in [9.17, 15) is 9.18 Å². The second-order valence-electron chi connectivity index (χ2n) is 4.00. The average Bonchev–Trinajstić information content (AvgIpc) is 2.84. The monoisotopic (exact) mass is 327 g/mol. The Morgan fingerprint density at radius 3 is 2.79 bits per heavy atom. The molecule has 0 saturated carbocycles. The summed E-state index contributed by atoms with van der Waals surface area (Å²) < 4.78 is 19.3. The van der Waals surface area contributed by atoms with Crippen molar-refractivity contribution >= 4 is 27.6 Å². The van der Waals surface area contributed by atoms with Crippen LogP contribution in [0.3, 0.4) is 0 Å². The number of anilines is 1. The van der Waals surface area contributed by atoms with Crippen LogP contribution in [0.25, 0.3) is 0 Å². The number of carbonyl (C=O) groups is 1. The third-order valence-electron chi connectivity index (χ3n) is 2.68. The van der Waals surface area contributed by atoms with Crippen LogP contribution in [0, 0.1) is 5.82 Å². The molecule has 2 aromatic rings. The molecule has 6 heteroatoms. The van der Waals surface area contributed by atoms with Crippen molar-refractivity contribution in [2.45, 2.75) is 6.54 Å². The average molecular weight is 328 g/mol. The lowest BCUT2D eigenvalue weighted by molar-refractivity contribution is 0.0695. The molecule has 0 bridgehead atoms. The van der Waals surface area contributed by atoms with Gasteiger partial charge < -0.3 is 14.4 Å². The second kappa shape index (κ2) is 5.44. The number of halogens is 2. The molecule has 0 aliphatic rings. The van der Waals surface area contributed by atoms with E-state index in [-0.39, 0.29) is 10.0 Å². The molecule has 1 heterocycles. The minimum Gasteiger partial charge on any atom is -0.478 e. The minimum absolute atomic E-state index is 0.0520. The molecule has 4 nitrogen and oxygen atoms in total. The molecule has 19 heavy (non-hydrogen) atoms. The van der Waals surface area contributed by atoms with E-state index in [1.807, 2.05) is 0 Å². The normalized spacial score (nSPS) is 10.5. The van der Waals surface area contributed by atoms with Gasteiger partial charge in [0.15, 0.2) is 5.82 Å². The van der Waals surface area contributed by atoms with Gasteiger partial charge >= 0.3 is 5.97 Å². The van der Waals surface area contributed by atoms with Crippen LogP contribution in [0.15, 0.2) is 39.4 Å². The Kier molecular flexibility index (Phi) is 3.90. The SMILES string of the molecule is CN(Cc1ccco1)c1ccc(C(=O)O)c(Br)c1F. The number of benzene rings is 1. The Labute approximate surface area is 117 Å². The zero-order valence-corrected chi connectivity index (χ0v) is 11.6. The van der Waals surface area contributed by atoms with Crippen molar-refractivity contribution in [3.8, 4) is 0 Å². The number of aromatic carboxylic acids is 1. The molecule has 0 aliphatic heterocycles. The molecule has 1 aromatic carbocycles. The van der Waals surface area contributed by atoms with Crippen molar-refractivity contribution < 1.29 is 18.7 Å². The number of hydrogen-bond acceptors (Lipinski definition) is 3. The van der Waals surface area contributed by atoms with Gasteiger partial charge in [0.25, 0.3) is 0 Å². The van der Waals surface area contributed by atoms with Crippen LogP contribution >= 0.6 is 15.9 Å². The summed E-state index contributed by atoms with van der Waals surface area (Å²) in [5.74, 6) is -1.08. The predicted octanol–water partition coefficient (Wildman–Crippen LogP) is 3.52. The van der Waals surface area contributed by atoms with Gasteiger partial charge in [-0.1, -0.05) is 0 Å². The predicted molar refractivity (Wildman–Crippen MR) is 71.9 cm³/mol. The van der Waals surface area contributed by atoms with Gasteiger partial charge in [0.05, 0.1) is 28.5 Å². The Bertz CT molecular complexity index is 598. The molecular formula is C13H11BrFNO3. The summed E-state index contributed by atoms with van der Waals surface area (Å²) in [5, 5.41) is 8.90. The van der Waals surface area contributed by atoms with Crippen LogP contribution in [0.4, 0.5) is 10.1 Å². The highest BCUT2D eigenvalue weighted by molar-refractivity contribution is 9.10. The van der Waals surface area contributed by atoms with E-state index in [0.717, 1.165) is 0 Å². The lowest BCUT2D eigenvalue weighted by Gasteiger charge is -2.19. The molecule has 100 valence electrons. The summed E-state index contributed by atoms with van der Waals surface area (Å²) in [6.07, 6.45) is 1.54. The number of carboxylic acids is 1. The van der Waals surface area contributed by atoms with Crippen LogP contribution in [0.5, 0.6) is 0 Å². The third-order valence-corrected chi connectivity index (χ3v) is 3.45. The molecule has 0 aliphatic carbocycles. The van der Waals surface area contributed by atoms with Crippen LogP contribution < -0.4 is 4.90 Å². The van der Waals surface area contributed by atoms with Crippen molar-refractivity contribution in [1.29, 1.82) is 0 Å². The highest BCUT2D eigenvalue weighted by Gasteiger charge is 2.18. The first-order valence-electron chi connectivity index (χ1n) is 5.45. The van der Waals surface area contributed by atoms with Gasteiger partial charge in [-0.05, 0) is 40.2 Å². The lowest BCUT2D eigenvalue weighted by Crippen LogP contribution is -2.18. The lowest BCUT2D eigenvalue weighted by atomic mass is 10.2. The first-order chi connectivity index (χ1) is 9.00. The summed E-state index contributed by atoms with van der Waals surface area (Å²) >= 11 is 2.97. The summed E-state index contributed by atoms with van der Waals surface area (Å²) in [6.45, 7) is 0.392. The summed E-state index contributed by atoms with van der Waals surface area (Å²) in [7, 11) is 1.70. The fourth-order valence-corrected chi connectivity index (χ4v) is 2.23. The summed E-state index contributed by atoms with van der Waals surface area (Å²) in [4.78, 5) is 12.5. The molecule has 0 amide bonds. The highest BCUT2D eigenvalue weighted by atomic mass is 79.9. The van der Waals surface area contributed by atoms with Crippen molar-refractivity contribution in [3.63, 3.8) is 0 Å². The Hall–Kier alpha value is -1.82. The number of furan rings is 1. The summed E-state index contributed by atoms with van der Waals surface area (Å²) in [5.41, 5.74) is 0.195. The standard InChI is InChI=1S/C13H11BrFNO3/c1-16(7-8-3-2-6-19-8)10-5-4-9(13(17)18)11(14)12(10)15/h2-6H,7H2,1H3,(H,17,18). The quantitative estimate of drug-likeness (QED) is 0.933. The number of nitrogens with zero attached hydrogens (tertiary/aromatic N) is 1. The molecule has 0 fully saturated rings. The number of hydrogen-bond donors (Lipinski definition) is 1. The number of rotatable bonds is 4. The zero-order chi connectivity index (χ0) is 14.0. The van der Waals surface area contributed by atoms with E-state index in [0.29, 0.717) is 18.0 Å². The van der Waals surface area contributed by atoms with Crippen LogP contribution in [0.2, 0.25) is 0 Å². The zero-order valence-electron chi connectivity index (χ0n) is 10.1. The van der Waals surface area contributed by atoms with Gasteiger partial charge in [0, 0.05) is 7.05 Å². The van der Waals surface area contributed by atoms with E-state index in [2.05, 4.69) is 15.9 Å². The van der Waals surface area contributed by atoms with Gasteiger partial charge in [-0.15, -0.1) is 0 Å². The Balaban J connectivity index is 2.30. The highest BCUT2D eigenvalue weighted by Crippen LogP contribution is 2.29. The van der Waals surface area contributed by atoms with Crippen molar-refractivity contribution in [2.75, 3.05) is 11.9 Å².